The first-order chi connectivity index (χ1) is 13.8. The lowest BCUT2D eigenvalue weighted by atomic mass is 9.99. The molecule has 1 aliphatic rings. The Bertz CT molecular complexity index is 1010. The third kappa shape index (κ3) is 3.92. The van der Waals surface area contributed by atoms with Gasteiger partial charge in [-0.1, -0.05) is 24.3 Å². The fourth-order valence-electron chi connectivity index (χ4n) is 4.03. The van der Waals surface area contributed by atoms with Gasteiger partial charge in [0.2, 0.25) is 0 Å². The Morgan fingerprint density at radius 1 is 0.897 bits per heavy atom. The molecular formula is C22H19F5N2. The van der Waals surface area contributed by atoms with Crippen LogP contribution in [0.3, 0.4) is 0 Å². The maximum atomic E-state index is 14.0. The van der Waals surface area contributed by atoms with E-state index < -0.39 is 29.4 Å². The number of rotatable bonds is 3. The molecule has 2 heterocycles. The van der Waals surface area contributed by atoms with Gasteiger partial charge in [0.05, 0.1) is 11.6 Å². The molecule has 0 unspecified atom stereocenters. The van der Waals surface area contributed by atoms with E-state index in [0.29, 0.717) is 18.7 Å². The van der Waals surface area contributed by atoms with Crippen LogP contribution in [0.2, 0.25) is 0 Å². The van der Waals surface area contributed by atoms with Crippen LogP contribution in [0.4, 0.5) is 22.0 Å². The van der Waals surface area contributed by atoms with Gasteiger partial charge in [-0.25, -0.2) is 8.78 Å². The molecule has 1 aliphatic heterocycles. The van der Waals surface area contributed by atoms with Gasteiger partial charge in [-0.05, 0) is 47.9 Å². The highest BCUT2D eigenvalue weighted by Crippen LogP contribution is 2.37. The van der Waals surface area contributed by atoms with Crippen LogP contribution in [0.5, 0.6) is 0 Å². The van der Waals surface area contributed by atoms with E-state index in [0.717, 1.165) is 30.3 Å². The molecule has 0 saturated carbocycles. The number of nitrogens with zero attached hydrogens (tertiary/aromatic N) is 2. The van der Waals surface area contributed by atoms with Crippen LogP contribution in [0, 0.1) is 11.6 Å². The molecule has 2 aromatic carbocycles. The molecule has 152 valence electrons. The summed E-state index contributed by atoms with van der Waals surface area (Å²) in [5.74, 6) is -1.92. The number of fused-ring (bicyclic) bond motifs is 1. The predicted molar refractivity (Wildman–Crippen MR) is 99.1 cm³/mol. The number of aryl methyl sites for hydroxylation is 1. The molecule has 3 aromatic rings. The quantitative estimate of drug-likeness (QED) is 0.501. The SMILES string of the molecule is Fc1ccc([C@@H]2c3cccn3CCCN2Cc2ccccc2C(F)(F)F)cc1F. The summed E-state index contributed by atoms with van der Waals surface area (Å²) in [6.07, 6.45) is -1.83. The normalized spacial score (nSPS) is 17.8. The average molecular weight is 406 g/mol. The smallest absolute Gasteiger partial charge is 0.350 e. The summed E-state index contributed by atoms with van der Waals surface area (Å²) in [6.45, 7) is 1.28. The van der Waals surface area contributed by atoms with Gasteiger partial charge in [-0.2, -0.15) is 13.2 Å². The van der Waals surface area contributed by atoms with Gasteiger partial charge in [-0.3, -0.25) is 4.90 Å². The van der Waals surface area contributed by atoms with Crippen LogP contribution in [0.25, 0.3) is 0 Å². The third-order valence-electron chi connectivity index (χ3n) is 5.31. The summed E-state index contributed by atoms with van der Waals surface area (Å²) in [4.78, 5) is 1.90. The van der Waals surface area contributed by atoms with E-state index in [1.165, 1.54) is 18.2 Å². The maximum Gasteiger partial charge on any atom is 0.416 e. The van der Waals surface area contributed by atoms with Crippen molar-refractivity contribution in [2.45, 2.75) is 31.7 Å². The van der Waals surface area contributed by atoms with Crippen molar-refractivity contribution in [3.8, 4) is 0 Å². The fourth-order valence-corrected chi connectivity index (χ4v) is 4.03. The second-order valence-corrected chi connectivity index (χ2v) is 7.18. The number of halogens is 5. The predicted octanol–water partition coefficient (Wildman–Crippen LogP) is 5.78. The zero-order valence-corrected chi connectivity index (χ0v) is 15.5. The van der Waals surface area contributed by atoms with Crippen molar-refractivity contribution in [3.63, 3.8) is 0 Å². The Morgan fingerprint density at radius 3 is 2.45 bits per heavy atom. The van der Waals surface area contributed by atoms with Crippen LogP contribution in [0.1, 0.15) is 34.8 Å². The topological polar surface area (TPSA) is 8.17 Å². The zero-order chi connectivity index (χ0) is 20.6. The lowest BCUT2D eigenvalue weighted by Crippen LogP contribution is -2.30. The van der Waals surface area contributed by atoms with Gasteiger partial charge in [-0.15, -0.1) is 0 Å². The minimum absolute atomic E-state index is 0.0462. The Hall–Kier alpha value is -2.67. The molecule has 0 spiro atoms. The molecule has 2 nitrogen and oxygen atoms in total. The molecule has 4 rings (SSSR count). The van der Waals surface area contributed by atoms with Gasteiger partial charge in [0.1, 0.15) is 0 Å². The molecule has 0 radical (unpaired) electrons. The molecule has 0 N–H and O–H groups in total. The average Bonchev–Trinajstić information content (AvgIpc) is 3.05. The summed E-state index contributed by atoms with van der Waals surface area (Å²) < 4.78 is 69.9. The molecule has 1 atom stereocenters. The van der Waals surface area contributed by atoms with E-state index in [2.05, 4.69) is 0 Å². The van der Waals surface area contributed by atoms with Crippen molar-refractivity contribution in [3.05, 3.63) is 94.8 Å². The van der Waals surface area contributed by atoms with Crippen LogP contribution < -0.4 is 0 Å². The number of benzene rings is 2. The van der Waals surface area contributed by atoms with Gasteiger partial charge < -0.3 is 4.57 Å². The second-order valence-electron chi connectivity index (χ2n) is 7.18. The van der Waals surface area contributed by atoms with Crippen LogP contribution >= 0.6 is 0 Å². The molecule has 0 bridgehead atoms. The lowest BCUT2D eigenvalue weighted by molar-refractivity contribution is -0.138. The van der Waals surface area contributed by atoms with E-state index in [9.17, 15) is 22.0 Å². The second kappa shape index (κ2) is 7.63. The monoisotopic (exact) mass is 406 g/mol. The largest absolute Gasteiger partial charge is 0.416 e. The third-order valence-corrected chi connectivity index (χ3v) is 5.31. The van der Waals surface area contributed by atoms with E-state index >= 15 is 0 Å². The summed E-state index contributed by atoms with van der Waals surface area (Å²) in [5.41, 5.74) is 0.837. The van der Waals surface area contributed by atoms with Crippen molar-refractivity contribution in [1.82, 2.24) is 9.47 Å². The lowest BCUT2D eigenvalue weighted by Gasteiger charge is -2.31. The van der Waals surface area contributed by atoms with E-state index in [1.807, 2.05) is 27.8 Å². The summed E-state index contributed by atoms with van der Waals surface area (Å²) in [7, 11) is 0. The van der Waals surface area contributed by atoms with Crippen molar-refractivity contribution in [2.24, 2.45) is 0 Å². The van der Waals surface area contributed by atoms with Crippen molar-refractivity contribution < 1.29 is 22.0 Å². The first-order valence-corrected chi connectivity index (χ1v) is 9.34. The Labute approximate surface area is 165 Å². The number of aromatic nitrogens is 1. The minimum atomic E-state index is -4.46. The molecule has 0 fully saturated rings. The van der Waals surface area contributed by atoms with Crippen molar-refractivity contribution in [1.29, 1.82) is 0 Å². The molecule has 7 heteroatoms. The van der Waals surface area contributed by atoms with Crippen molar-refractivity contribution >= 4 is 0 Å². The molecule has 0 saturated heterocycles. The minimum Gasteiger partial charge on any atom is -0.350 e. The highest BCUT2D eigenvalue weighted by Gasteiger charge is 2.35. The summed E-state index contributed by atoms with van der Waals surface area (Å²) in [6, 6.07) is 12.4. The standard InChI is InChI=1S/C22H19F5N2/c23-18-9-8-15(13-19(18)24)21-20-7-3-10-28(20)11-4-12-29(21)14-16-5-1-2-6-17(16)22(25,26)27/h1-3,5-10,13,21H,4,11-12,14H2/t21-/m1/s1. The van der Waals surface area contributed by atoms with E-state index in [1.54, 1.807) is 6.07 Å². The zero-order valence-electron chi connectivity index (χ0n) is 15.5. The van der Waals surface area contributed by atoms with Gasteiger partial charge in [0, 0.05) is 31.5 Å². The highest BCUT2D eigenvalue weighted by atomic mass is 19.4. The Kier molecular flexibility index (Phi) is 5.17. The molecule has 0 amide bonds. The number of hydrogen-bond acceptors (Lipinski definition) is 1. The number of hydrogen-bond donors (Lipinski definition) is 0. The molecule has 29 heavy (non-hydrogen) atoms. The summed E-state index contributed by atoms with van der Waals surface area (Å²) in [5, 5.41) is 0. The first kappa shape index (κ1) is 19.6. The summed E-state index contributed by atoms with van der Waals surface area (Å²) >= 11 is 0. The Balaban J connectivity index is 1.78. The number of alkyl halides is 3. The van der Waals surface area contributed by atoms with Gasteiger partial charge in [0.25, 0.3) is 0 Å². The van der Waals surface area contributed by atoms with E-state index in [4.69, 9.17) is 0 Å². The van der Waals surface area contributed by atoms with Gasteiger partial charge >= 0.3 is 6.18 Å². The van der Waals surface area contributed by atoms with E-state index in [-0.39, 0.29) is 12.1 Å². The van der Waals surface area contributed by atoms with Crippen molar-refractivity contribution in [2.75, 3.05) is 6.54 Å². The highest BCUT2D eigenvalue weighted by molar-refractivity contribution is 5.33. The van der Waals surface area contributed by atoms with Crippen LogP contribution in [-0.4, -0.2) is 16.0 Å². The molecule has 1 aromatic heterocycles. The van der Waals surface area contributed by atoms with Gasteiger partial charge in [0.15, 0.2) is 11.6 Å². The maximum absolute atomic E-state index is 14.0. The molecule has 0 aliphatic carbocycles. The first-order valence-electron chi connectivity index (χ1n) is 9.34. The van der Waals surface area contributed by atoms with Crippen LogP contribution in [-0.2, 0) is 19.3 Å². The molecular weight excluding hydrogens is 387 g/mol. The van der Waals surface area contributed by atoms with Crippen LogP contribution in [0.15, 0.2) is 60.8 Å². The fraction of sp³-hybridized carbons (Fsp3) is 0.273. The Morgan fingerprint density at radius 2 is 1.69 bits per heavy atom.